The maximum atomic E-state index is 13.3. The molecule has 4 aromatic rings. The molecule has 0 fully saturated rings. The molecule has 0 radical (unpaired) electrons. The van der Waals surface area contributed by atoms with Gasteiger partial charge in [0.2, 0.25) is 5.43 Å². The molecule has 160 valence electrons. The molecule has 4 rings (SSSR count). The maximum Gasteiger partial charge on any atom is 0.346 e. The van der Waals surface area contributed by atoms with Gasteiger partial charge in [0.25, 0.3) is 0 Å². The third kappa shape index (κ3) is 4.06. The molecule has 0 aliphatic rings. The van der Waals surface area contributed by atoms with E-state index in [1.54, 1.807) is 19.1 Å². The number of unbranched alkanes of at least 4 members (excludes halogenated alkanes) is 1. The van der Waals surface area contributed by atoms with Gasteiger partial charge in [-0.3, -0.25) is 4.79 Å². The van der Waals surface area contributed by atoms with Crippen molar-refractivity contribution >= 4 is 27.9 Å². The first-order valence-electron chi connectivity index (χ1n) is 10.3. The van der Waals surface area contributed by atoms with Gasteiger partial charge in [-0.25, -0.2) is 4.79 Å². The van der Waals surface area contributed by atoms with E-state index in [4.69, 9.17) is 18.3 Å². The summed E-state index contributed by atoms with van der Waals surface area (Å²) >= 11 is 0. The highest BCUT2D eigenvalue weighted by Gasteiger charge is 2.20. The number of carbonyl (C=O) groups is 1. The number of hydrogen-bond acceptors (Lipinski definition) is 6. The molecule has 0 saturated carbocycles. The predicted octanol–water partition coefficient (Wildman–Crippen LogP) is 5.49. The van der Waals surface area contributed by atoms with Crippen molar-refractivity contribution in [1.29, 1.82) is 0 Å². The molecular weight excluding hydrogens is 396 g/mol. The van der Waals surface area contributed by atoms with Crippen LogP contribution in [0.5, 0.6) is 5.75 Å². The molecule has 0 aliphatic heterocycles. The minimum Gasteiger partial charge on any atom is -0.479 e. The molecule has 2 aromatic heterocycles. The SMILES string of the molecule is CCCCc1cc2c(=O)c(-c3cc4ccccc4o3)coc2cc1OC(C)C(=O)OC. The van der Waals surface area contributed by atoms with Gasteiger partial charge in [-0.05, 0) is 43.5 Å². The van der Waals surface area contributed by atoms with E-state index < -0.39 is 12.1 Å². The molecular formula is C25H24O6. The second-order valence-corrected chi connectivity index (χ2v) is 7.47. The van der Waals surface area contributed by atoms with Gasteiger partial charge in [0, 0.05) is 11.5 Å². The number of aryl methyl sites for hydroxylation is 1. The number of esters is 1. The molecule has 0 spiro atoms. The zero-order valence-corrected chi connectivity index (χ0v) is 17.8. The fourth-order valence-corrected chi connectivity index (χ4v) is 3.56. The number of rotatable bonds is 7. The van der Waals surface area contributed by atoms with Gasteiger partial charge >= 0.3 is 5.97 Å². The van der Waals surface area contributed by atoms with Crippen LogP contribution >= 0.6 is 0 Å². The van der Waals surface area contributed by atoms with Crippen LogP contribution in [0.15, 0.2) is 62.4 Å². The van der Waals surface area contributed by atoms with E-state index >= 15 is 0 Å². The third-order valence-electron chi connectivity index (χ3n) is 5.28. The molecule has 1 atom stereocenters. The van der Waals surface area contributed by atoms with E-state index in [9.17, 15) is 9.59 Å². The molecule has 0 N–H and O–H groups in total. The standard InChI is InChI=1S/C25H24O6/c1-4-5-8-16-11-18-22(13-21(16)30-15(2)25(27)28-3)29-14-19(24(18)26)23-12-17-9-6-7-10-20(17)31-23/h6-7,9-15H,4-5,8H2,1-3H3. The van der Waals surface area contributed by atoms with Crippen molar-refractivity contribution in [2.45, 2.75) is 39.2 Å². The highest BCUT2D eigenvalue weighted by atomic mass is 16.6. The Labute approximate surface area is 179 Å². The van der Waals surface area contributed by atoms with Crippen molar-refractivity contribution < 1.29 is 23.1 Å². The van der Waals surface area contributed by atoms with E-state index in [1.807, 2.05) is 30.3 Å². The number of para-hydroxylation sites is 1. The lowest BCUT2D eigenvalue weighted by atomic mass is 10.0. The average Bonchev–Trinajstić information content (AvgIpc) is 3.21. The number of fused-ring (bicyclic) bond motifs is 2. The van der Waals surface area contributed by atoms with Crippen molar-refractivity contribution in [1.82, 2.24) is 0 Å². The highest BCUT2D eigenvalue weighted by Crippen LogP contribution is 2.31. The van der Waals surface area contributed by atoms with Gasteiger partial charge in [0.15, 0.2) is 6.10 Å². The average molecular weight is 420 g/mol. The van der Waals surface area contributed by atoms with Crippen LogP contribution in [0, 0.1) is 0 Å². The Morgan fingerprint density at radius 2 is 1.94 bits per heavy atom. The van der Waals surface area contributed by atoms with E-state index in [2.05, 4.69) is 6.92 Å². The zero-order chi connectivity index (χ0) is 22.0. The Kier molecular flexibility index (Phi) is 5.80. The third-order valence-corrected chi connectivity index (χ3v) is 5.28. The number of furan rings is 1. The van der Waals surface area contributed by atoms with Gasteiger partial charge in [-0.1, -0.05) is 31.5 Å². The van der Waals surface area contributed by atoms with Crippen molar-refractivity contribution in [2.24, 2.45) is 0 Å². The number of carbonyl (C=O) groups excluding carboxylic acids is 1. The monoisotopic (exact) mass is 420 g/mol. The summed E-state index contributed by atoms with van der Waals surface area (Å²) in [7, 11) is 1.32. The summed E-state index contributed by atoms with van der Waals surface area (Å²) in [6.45, 7) is 3.72. The molecule has 1 unspecified atom stereocenters. The first kappa shape index (κ1) is 20.7. The quantitative estimate of drug-likeness (QED) is 0.368. The van der Waals surface area contributed by atoms with Gasteiger partial charge < -0.3 is 18.3 Å². The number of methoxy groups -OCH3 is 1. The topological polar surface area (TPSA) is 78.9 Å². The van der Waals surface area contributed by atoms with Gasteiger partial charge in [0.1, 0.15) is 34.5 Å². The van der Waals surface area contributed by atoms with Crippen LogP contribution < -0.4 is 10.2 Å². The summed E-state index contributed by atoms with van der Waals surface area (Å²) in [5.74, 6) is 0.508. The van der Waals surface area contributed by atoms with Crippen LogP contribution in [0.2, 0.25) is 0 Å². The van der Waals surface area contributed by atoms with Crippen LogP contribution in [-0.2, 0) is 16.0 Å². The Hall–Kier alpha value is -3.54. The smallest absolute Gasteiger partial charge is 0.346 e. The summed E-state index contributed by atoms with van der Waals surface area (Å²) in [5.41, 5.74) is 2.13. The predicted molar refractivity (Wildman–Crippen MR) is 118 cm³/mol. The fraction of sp³-hybridized carbons (Fsp3) is 0.280. The molecule has 6 heteroatoms. The Morgan fingerprint density at radius 1 is 1.13 bits per heavy atom. The van der Waals surface area contributed by atoms with Crippen molar-refractivity contribution in [2.75, 3.05) is 7.11 Å². The second kappa shape index (κ2) is 8.68. The Morgan fingerprint density at radius 3 is 2.68 bits per heavy atom. The van der Waals surface area contributed by atoms with Crippen LogP contribution in [0.25, 0.3) is 33.3 Å². The van der Waals surface area contributed by atoms with Gasteiger partial charge in [-0.15, -0.1) is 0 Å². The molecule has 0 aliphatic carbocycles. The van der Waals surface area contributed by atoms with Crippen molar-refractivity contribution in [3.63, 3.8) is 0 Å². The van der Waals surface area contributed by atoms with Crippen LogP contribution in [0.1, 0.15) is 32.3 Å². The first-order chi connectivity index (χ1) is 15.0. The Balaban J connectivity index is 1.81. The molecule has 2 heterocycles. The number of hydrogen-bond donors (Lipinski definition) is 0. The molecule has 0 bridgehead atoms. The van der Waals surface area contributed by atoms with Crippen LogP contribution in [0.4, 0.5) is 0 Å². The molecule has 2 aromatic carbocycles. The largest absolute Gasteiger partial charge is 0.479 e. The lowest BCUT2D eigenvalue weighted by molar-refractivity contribution is -0.147. The summed E-state index contributed by atoms with van der Waals surface area (Å²) < 4.78 is 22.2. The number of ether oxygens (including phenoxy) is 2. The molecule has 0 saturated heterocycles. The van der Waals surface area contributed by atoms with Crippen LogP contribution in [-0.4, -0.2) is 19.2 Å². The van der Waals surface area contributed by atoms with E-state index in [0.29, 0.717) is 40.0 Å². The molecule has 0 amide bonds. The van der Waals surface area contributed by atoms with Crippen molar-refractivity contribution in [3.05, 3.63) is 64.5 Å². The minimum atomic E-state index is -0.774. The van der Waals surface area contributed by atoms with E-state index in [1.165, 1.54) is 13.4 Å². The van der Waals surface area contributed by atoms with E-state index in [0.717, 1.165) is 23.8 Å². The van der Waals surface area contributed by atoms with Gasteiger partial charge in [0.05, 0.1) is 12.5 Å². The lowest BCUT2D eigenvalue weighted by Crippen LogP contribution is -2.25. The summed E-state index contributed by atoms with van der Waals surface area (Å²) in [6.07, 6.45) is 3.25. The number of benzene rings is 2. The molecule has 6 nitrogen and oxygen atoms in total. The van der Waals surface area contributed by atoms with Crippen molar-refractivity contribution in [3.8, 4) is 17.1 Å². The van der Waals surface area contributed by atoms with E-state index in [-0.39, 0.29) is 5.43 Å². The Bertz CT molecular complexity index is 1260. The minimum absolute atomic E-state index is 0.175. The highest BCUT2D eigenvalue weighted by molar-refractivity contribution is 5.86. The fourth-order valence-electron chi connectivity index (χ4n) is 3.56. The summed E-state index contributed by atoms with van der Waals surface area (Å²) in [5, 5.41) is 1.36. The van der Waals surface area contributed by atoms with Crippen LogP contribution in [0.3, 0.4) is 0 Å². The lowest BCUT2D eigenvalue weighted by Gasteiger charge is -2.16. The first-order valence-corrected chi connectivity index (χ1v) is 10.3. The molecule has 31 heavy (non-hydrogen) atoms. The maximum absolute atomic E-state index is 13.3. The summed E-state index contributed by atoms with van der Waals surface area (Å²) in [4.78, 5) is 25.1. The van der Waals surface area contributed by atoms with Gasteiger partial charge in [-0.2, -0.15) is 0 Å². The second-order valence-electron chi connectivity index (χ2n) is 7.47. The summed E-state index contributed by atoms with van der Waals surface area (Å²) in [6, 6.07) is 12.9. The normalized spacial score (nSPS) is 12.2. The zero-order valence-electron chi connectivity index (χ0n) is 17.8.